The summed E-state index contributed by atoms with van der Waals surface area (Å²) in [7, 11) is 0. The minimum absolute atomic E-state index is 0.0252. The van der Waals surface area contributed by atoms with Crippen molar-refractivity contribution >= 4 is 6.29 Å². The van der Waals surface area contributed by atoms with Crippen molar-refractivity contribution < 1.29 is 22.5 Å². The quantitative estimate of drug-likeness (QED) is 0.346. The highest BCUT2D eigenvalue weighted by atomic mass is 19.4. The lowest BCUT2D eigenvalue weighted by atomic mass is 9.97. The van der Waals surface area contributed by atoms with Crippen molar-refractivity contribution in [3.8, 4) is 34.0 Å². The molecule has 5 nitrogen and oxygen atoms in total. The van der Waals surface area contributed by atoms with Gasteiger partial charge >= 0.3 is 6.18 Å². The fourth-order valence-corrected chi connectivity index (χ4v) is 4.44. The summed E-state index contributed by atoms with van der Waals surface area (Å²) in [6.45, 7) is 2.01. The van der Waals surface area contributed by atoms with Gasteiger partial charge in [0.1, 0.15) is 6.29 Å². The number of hydrogen-bond acceptors (Lipinski definition) is 5. The average molecular weight is 477 g/mol. The number of halogens is 3. The highest BCUT2D eigenvalue weighted by molar-refractivity contribution is 5.72. The van der Waals surface area contributed by atoms with E-state index >= 15 is 0 Å². The predicted octanol–water partition coefficient (Wildman–Crippen LogP) is 5.69. The van der Waals surface area contributed by atoms with E-state index in [-0.39, 0.29) is 17.0 Å². The maximum absolute atomic E-state index is 13.9. The number of carbonyl (C=O) groups is 1. The van der Waals surface area contributed by atoms with Crippen molar-refractivity contribution in [2.45, 2.75) is 19.0 Å². The van der Waals surface area contributed by atoms with Crippen LogP contribution in [0.1, 0.15) is 16.7 Å². The number of nitrogens with zero attached hydrogens (tertiary/aromatic N) is 3. The van der Waals surface area contributed by atoms with Crippen LogP contribution in [0, 0.1) is 0 Å². The largest absolute Gasteiger partial charge is 0.417 e. The van der Waals surface area contributed by atoms with Crippen molar-refractivity contribution in [2.75, 3.05) is 19.6 Å². The van der Waals surface area contributed by atoms with E-state index < -0.39 is 11.7 Å². The summed E-state index contributed by atoms with van der Waals surface area (Å²) in [6, 6.07) is 18.4. The number of fused-ring (bicyclic) bond motifs is 1. The van der Waals surface area contributed by atoms with Gasteiger partial charge in [0.25, 0.3) is 5.89 Å². The Balaban J connectivity index is 1.45. The Bertz CT molecular complexity index is 1350. The third kappa shape index (κ3) is 4.88. The lowest BCUT2D eigenvalue weighted by Gasteiger charge is -2.15. The molecule has 8 heteroatoms. The summed E-state index contributed by atoms with van der Waals surface area (Å²) in [6.07, 6.45) is -2.00. The van der Waals surface area contributed by atoms with Gasteiger partial charge < -0.3 is 9.32 Å². The van der Waals surface area contributed by atoms with E-state index in [0.29, 0.717) is 17.9 Å². The molecule has 0 saturated carbocycles. The maximum atomic E-state index is 13.9. The molecule has 3 aromatic carbocycles. The van der Waals surface area contributed by atoms with Gasteiger partial charge in [-0.3, -0.25) is 4.90 Å². The molecule has 0 bridgehead atoms. The highest BCUT2D eigenvalue weighted by Crippen LogP contribution is 2.39. The molecule has 0 aliphatic carbocycles. The van der Waals surface area contributed by atoms with Gasteiger partial charge in [0.05, 0.1) is 12.1 Å². The molecule has 1 aliphatic heterocycles. The second-order valence-corrected chi connectivity index (χ2v) is 8.50. The summed E-state index contributed by atoms with van der Waals surface area (Å²) < 4.78 is 47.0. The number of hydrogen-bond donors (Lipinski definition) is 0. The van der Waals surface area contributed by atoms with Crippen LogP contribution < -0.4 is 0 Å². The molecule has 178 valence electrons. The van der Waals surface area contributed by atoms with Crippen LogP contribution in [0.2, 0.25) is 0 Å². The Morgan fingerprint density at radius 2 is 1.63 bits per heavy atom. The molecule has 0 fully saturated rings. The Kier molecular flexibility index (Phi) is 6.21. The minimum atomic E-state index is -4.54. The van der Waals surface area contributed by atoms with Gasteiger partial charge in [0.2, 0.25) is 5.82 Å². The molecule has 0 atom stereocenters. The SMILES string of the molecule is O=CCN1CCc2ccc(-c3noc(-c4ccc(-c5ccccc5)c(C(F)(F)F)c4)n3)cc2CC1. The topological polar surface area (TPSA) is 59.2 Å². The first-order chi connectivity index (χ1) is 16.9. The lowest BCUT2D eigenvalue weighted by molar-refractivity contribution is -0.137. The molecule has 0 amide bonds. The van der Waals surface area contributed by atoms with Crippen LogP contribution in [0.3, 0.4) is 0 Å². The number of carbonyl (C=O) groups excluding carboxylic acids is 1. The number of alkyl halides is 3. The van der Waals surface area contributed by atoms with E-state index in [1.54, 1.807) is 36.4 Å². The van der Waals surface area contributed by atoms with Crippen LogP contribution in [-0.4, -0.2) is 41.0 Å². The molecule has 4 aromatic rings. The van der Waals surface area contributed by atoms with E-state index in [0.717, 1.165) is 49.4 Å². The van der Waals surface area contributed by atoms with E-state index in [9.17, 15) is 18.0 Å². The monoisotopic (exact) mass is 477 g/mol. The summed E-state index contributed by atoms with van der Waals surface area (Å²) in [4.78, 5) is 17.4. The maximum Gasteiger partial charge on any atom is 0.417 e. The highest BCUT2D eigenvalue weighted by Gasteiger charge is 2.34. The van der Waals surface area contributed by atoms with Crippen molar-refractivity contribution in [1.82, 2.24) is 15.0 Å². The third-order valence-electron chi connectivity index (χ3n) is 6.27. The first kappa shape index (κ1) is 23.0. The summed E-state index contributed by atoms with van der Waals surface area (Å²) in [5, 5.41) is 4.03. The summed E-state index contributed by atoms with van der Waals surface area (Å²) in [5.74, 6) is 0.342. The zero-order valence-electron chi connectivity index (χ0n) is 18.8. The predicted molar refractivity (Wildman–Crippen MR) is 126 cm³/mol. The molecule has 0 radical (unpaired) electrons. The fourth-order valence-electron chi connectivity index (χ4n) is 4.44. The van der Waals surface area contributed by atoms with Crippen LogP contribution in [0.5, 0.6) is 0 Å². The van der Waals surface area contributed by atoms with Crippen LogP contribution in [-0.2, 0) is 23.8 Å². The minimum Gasteiger partial charge on any atom is -0.334 e. The van der Waals surface area contributed by atoms with Crippen molar-refractivity contribution in [3.63, 3.8) is 0 Å². The standard InChI is InChI=1S/C27H22F3N3O2/c28-27(29,30)24-17-22(8-9-23(24)19-4-2-1-3-5-19)26-31-25(32-35-26)21-7-6-18-10-12-33(14-15-34)13-11-20(18)16-21/h1-9,15-17H,10-14H2. The zero-order valence-corrected chi connectivity index (χ0v) is 18.8. The van der Waals surface area contributed by atoms with Crippen molar-refractivity contribution in [3.05, 3.63) is 83.4 Å². The Labute approximate surface area is 200 Å². The van der Waals surface area contributed by atoms with E-state index in [1.807, 2.05) is 18.2 Å². The van der Waals surface area contributed by atoms with Crippen LogP contribution >= 0.6 is 0 Å². The Morgan fingerprint density at radius 1 is 0.886 bits per heavy atom. The second kappa shape index (κ2) is 9.46. The molecule has 1 aliphatic rings. The van der Waals surface area contributed by atoms with Gasteiger partial charge in [0, 0.05) is 24.2 Å². The van der Waals surface area contributed by atoms with Crippen LogP contribution in [0.15, 0.2) is 71.3 Å². The van der Waals surface area contributed by atoms with Crippen molar-refractivity contribution in [1.29, 1.82) is 0 Å². The third-order valence-corrected chi connectivity index (χ3v) is 6.27. The molecule has 35 heavy (non-hydrogen) atoms. The van der Waals surface area contributed by atoms with Gasteiger partial charge in [-0.1, -0.05) is 53.7 Å². The van der Waals surface area contributed by atoms with Gasteiger partial charge in [-0.05, 0) is 53.3 Å². The van der Waals surface area contributed by atoms with Gasteiger partial charge in [-0.15, -0.1) is 0 Å². The van der Waals surface area contributed by atoms with Gasteiger partial charge in [-0.2, -0.15) is 18.2 Å². The van der Waals surface area contributed by atoms with E-state index in [4.69, 9.17) is 4.52 Å². The van der Waals surface area contributed by atoms with E-state index in [2.05, 4.69) is 15.0 Å². The molecule has 0 N–H and O–H groups in total. The van der Waals surface area contributed by atoms with Crippen molar-refractivity contribution in [2.24, 2.45) is 0 Å². The normalized spacial score (nSPS) is 14.4. The fraction of sp³-hybridized carbons (Fsp3) is 0.222. The molecule has 5 rings (SSSR count). The van der Waals surface area contributed by atoms with Gasteiger partial charge in [0.15, 0.2) is 0 Å². The second-order valence-electron chi connectivity index (χ2n) is 8.50. The summed E-state index contributed by atoms with van der Waals surface area (Å²) in [5.41, 5.74) is 3.11. The first-order valence-electron chi connectivity index (χ1n) is 11.3. The number of aldehydes is 1. The lowest BCUT2D eigenvalue weighted by Crippen LogP contribution is -2.28. The number of benzene rings is 3. The zero-order chi connectivity index (χ0) is 24.4. The molecule has 0 unspecified atom stereocenters. The van der Waals surface area contributed by atoms with Crippen LogP contribution in [0.25, 0.3) is 34.0 Å². The molecular formula is C27H22F3N3O2. The first-order valence-corrected chi connectivity index (χ1v) is 11.3. The molecular weight excluding hydrogens is 455 g/mol. The Morgan fingerprint density at radius 3 is 2.37 bits per heavy atom. The molecule has 2 heterocycles. The number of aromatic nitrogens is 2. The van der Waals surface area contributed by atoms with E-state index in [1.165, 1.54) is 11.6 Å². The summed E-state index contributed by atoms with van der Waals surface area (Å²) >= 11 is 0. The van der Waals surface area contributed by atoms with Crippen LogP contribution in [0.4, 0.5) is 13.2 Å². The molecule has 0 spiro atoms. The molecule has 1 aromatic heterocycles. The number of rotatable bonds is 5. The molecule has 0 saturated heterocycles. The Hall–Kier alpha value is -3.78. The smallest absolute Gasteiger partial charge is 0.334 e. The average Bonchev–Trinajstić information content (AvgIpc) is 3.27. The van der Waals surface area contributed by atoms with Gasteiger partial charge in [-0.25, -0.2) is 0 Å².